The Balaban J connectivity index is 1.31. The number of nitrogens with zero attached hydrogens (tertiary/aromatic N) is 3. The molecule has 1 amide bonds. The number of para-hydroxylation sites is 1. The van der Waals surface area contributed by atoms with Gasteiger partial charge >= 0.3 is 0 Å². The summed E-state index contributed by atoms with van der Waals surface area (Å²) < 4.78 is 12.4. The minimum absolute atomic E-state index is 0.0822. The van der Waals surface area contributed by atoms with Gasteiger partial charge in [0.25, 0.3) is 0 Å². The van der Waals surface area contributed by atoms with E-state index in [1.54, 1.807) is 11.0 Å². The van der Waals surface area contributed by atoms with Crippen LogP contribution >= 0.6 is 11.8 Å². The number of rotatable bonds is 6. The first-order valence-corrected chi connectivity index (χ1v) is 9.46. The highest BCUT2D eigenvalue weighted by Crippen LogP contribution is 2.34. The van der Waals surface area contributed by atoms with Crippen LogP contribution in [-0.2, 0) is 4.79 Å². The number of carbonyl (C=O) groups is 1. The fourth-order valence-corrected chi connectivity index (χ4v) is 3.31. The summed E-state index contributed by atoms with van der Waals surface area (Å²) in [5.74, 6) is 1.60. The maximum absolute atomic E-state index is 12.3. The molecule has 4 rings (SSSR count). The third kappa shape index (κ3) is 4.06. The first-order valence-electron chi connectivity index (χ1n) is 8.48. The molecule has 0 fully saturated rings. The lowest BCUT2D eigenvalue weighted by molar-refractivity contribution is -0.119. The van der Waals surface area contributed by atoms with Gasteiger partial charge in [-0.25, -0.2) is 9.67 Å². The molecule has 1 unspecified atom stereocenters. The summed E-state index contributed by atoms with van der Waals surface area (Å²) in [7, 11) is 0. The number of hydrogen-bond donors (Lipinski definition) is 1. The lowest BCUT2D eigenvalue weighted by atomic mass is 10.1. The van der Waals surface area contributed by atoms with E-state index in [0.717, 1.165) is 17.0 Å². The smallest absolute Gasteiger partial charge is 0.231 e. The Hall–Kier alpha value is -3.00. The van der Waals surface area contributed by atoms with Gasteiger partial charge in [0.2, 0.25) is 17.9 Å². The average Bonchev–Trinajstić information content (AvgIpc) is 3.36. The largest absolute Gasteiger partial charge is 0.454 e. The summed E-state index contributed by atoms with van der Waals surface area (Å²) in [6.45, 7) is 2.17. The highest BCUT2D eigenvalue weighted by molar-refractivity contribution is 7.99. The van der Waals surface area contributed by atoms with Crippen LogP contribution in [0.3, 0.4) is 0 Å². The number of carbonyl (C=O) groups excluding carboxylic acids is 1. The molecule has 1 aromatic heterocycles. The van der Waals surface area contributed by atoms with Crippen LogP contribution in [0.4, 0.5) is 0 Å². The fourth-order valence-electron chi connectivity index (χ4n) is 2.70. The highest BCUT2D eigenvalue weighted by atomic mass is 32.2. The van der Waals surface area contributed by atoms with E-state index in [2.05, 4.69) is 15.4 Å². The third-order valence-electron chi connectivity index (χ3n) is 4.10. The molecule has 2 aromatic carbocycles. The second-order valence-electron chi connectivity index (χ2n) is 6.00. The van der Waals surface area contributed by atoms with Gasteiger partial charge in [-0.2, -0.15) is 0 Å². The standard InChI is InChI=1S/C19H18N4O3S/c1-13(14-7-8-16-17(9-14)26-12-25-16)21-18(24)10-27-19-20-11-23(22-19)15-5-3-2-4-6-15/h2-9,11,13H,10,12H2,1H3,(H,21,24). The van der Waals surface area contributed by atoms with E-state index in [1.807, 2.05) is 55.5 Å². The Bertz CT molecular complexity index is 945. The molecule has 27 heavy (non-hydrogen) atoms. The van der Waals surface area contributed by atoms with Crippen molar-refractivity contribution in [3.63, 3.8) is 0 Å². The van der Waals surface area contributed by atoms with Gasteiger partial charge in [0.1, 0.15) is 6.33 Å². The van der Waals surface area contributed by atoms with Crippen LogP contribution in [0.1, 0.15) is 18.5 Å². The molecule has 0 radical (unpaired) electrons. The average molecular weight is 382 g/mol. The summed E-state index contributed by atoms with van der Waals surface area (Å²) in [5, 5.41) is 7.92. The van der Waals surface area contributed by atoms with E-state index in [1.165, 1.54) is 11.8 Å². The molecule has 0 saturated heterocycles. The molecule has 1 N–H and O–H groups in total. The summed E-state index contributed by atoms with van der Waals surface area (Å²) in [6.07, 6.45) is 1.64. The molecule has 0 saturated carbocycles. The normalized spacial score (nSPS) is 13.4. The van der Waals surface area contributed by atoms with Gasteiger partial charge in [-0.15, -0.1) is 5.10 Å². The predicted octanol–water partition coefficient (Wildman–Crippen LogP) is 2.97. The molecule has 0 spiro atoms. The molecule has 7 nitrogen and oxygen atoms in total. The Morgan fingerprint density at radius 1 is 1.22 bits per heavy atom. The number of amides is 1. The maximum atomic E-state index is 12.3. The molecule has 1 atom stereocenters. The Kier molecular flexibility index (Phi) is 4.97. The molecule has 1 aliphatic heterocycles. The van der Waals surface area contributed by atoms with Crippen LogP contribution in [0.5, 0.6) is 11.5 Å². The van der Waals surface area contributed by atoms with E-state index < -0.39 is 0 Å². The second kappa shape index (κ2) is 7.71. The van der Waals surface area contributed by atoms with E-state index in [-0.39, 0.29) is 24.5 Å². The zero-order valence-electron chi connectivity index (χ0n) is 14.7. The second-order valence-corrected chi connectivity index (χ2v) is 6.94. The minimum Gasteiger partial charge on any atom is -0.454 e. The van der Waals surface area contributed by atoms with Crippen LogP contribution in [-0.4, -0.2) is 33.2 Å². The van der Waals surface area contributed by atoms with Crippen molar-refractivity contribution in [2.45, 2.75) is 18.1 Å². The van der Waals surface area contributed by atoms with Crippen molar-refractivity contribution in [2.75, 3.05) is 12.5 Å². The van der Waals surface area contributed by atoms with Crippen molar-refractivity contribution in [3.05, 3.63) is 60.4 Å². The van der Waals surface area contributed by atoms with Gasteiger partial charge in [0.05, 0.1) is 17.5 Å². The van der Waals surface area contributed by atoms with Crippen molar-refractivity contribution in [2.24, 2.45) is 0 Å². The third-order valence-corrected chi connectivity index (χ3v) is 4.95. The number of ether oxygens (including phenoxy) is 2. The monoisotopic (exact) mass is 382 g/mol. The van der Waals surface area contributed by atoms with Crippen molar-refractivity contribution in [1.82, 2.24) is 20.1 Å². The van der Waals surface area contributed by atoms with E-state index >= 15 is 0 Å². The molecule has 1 aliphatic rings. The van der Waals surface area contributed by atoms with Gasteiger partial charge < -0.3 is 14.8 Å². The zero-order chi connectivity index (χ0) is 18.6. The SMILES string of the molecule is CC(NC(=O)CSc1ncn(-c2ccccc2)n1)c1ccc2c(c1)OCO2. The predicted molar refractivity (Wildman–Crippen MR) is 101 cm³/mol. The quantitative estimate of drug-likeness (QED) is 0.661. The summed E-state index contributed by atoms with van der Waals surface area (Å²) in [6, 6.07) is 15.3. The van der Waals surface area contributed by atoms with Crippen LogP contribution in [0.2, 0.25) is 0 Å². The van der Waals surface area contributed by atoms with Gasteiger partial charge in [0, 0.05) is 0 Å². The van der Waals surface area contributed by atoms with Gasteiger partial charge in [-0.3, -0.25) is 4.79 Å². The zero-order valence-corrected chi connectivity index (χ0v) is 15.5. The van der Waals surface area contributed by atoms with Crippen molar-refractivity contribution in [3.8, 4) is 17.2 Å². The number of nitrogens with one attached hydrogen (secondary N) is 1. The van der Waals surface area contributed by atoms with E-state index in [0.29, 0.717) is 10.9 Å². The highest BCUT2D eigenvalue weighted by Gasteiger charge is 2.17. The number of fused-ring (bicyclic) bond motifs is 1. The number of benzene rings is 2. The summed E-state index contributed by atoms with van der Waals surface area (Å²) in [5.41, 5.74) is 1.89. The van der Waals surface area contributed by atoms with Crippen molar-refractivity contribution < 1.29 is 14.3 Å². The molecule has 0 bridgehead atoms. The van der Waals surface area contributed by atoms with Crippen LogP contribution < -0.4 is 14.8 Å². The van der Waals surface area contributed by atoms with E-state index in [4.69, 9.17) is 9.47 Å². The lowest BCUT2D eigenvalue weighted by Gasteiger charge is -2.14. The number of hydrogen-bond acceptors (Lipinski definition) is 6. The van der Waals surface area contributed by atoms with E-state index in [9.17, 15) is 4.79 Å². The van der Waals surface area contributed by atoms with Crippen LogP contribution in [0, 0.1) is 0 Å². The first kappa shape index (κ1) is 17.4. The lowest BCUT2D eigenvalue weighted by Crippen LogP contribution is -2.28. The number of thioether (sulfide) groups is 1. The Morgan fingerprint density at radius 2 is 2.04 bits per heavy atom. The maximum Gasteiger partial charge on any atom is 0.231 e. The topological polar surface area (TPSA) is 78.3 Å². The van der Waals surface area contributed by atoms with Gasteiger partial charge in [-0.1, -0.05) is 36.0 Å². The number of aromatic nitrogens is 3. The fraction of sp³-hybridized carbons (Fsp3) is 0.211. The van der Waals surface area contributed by atoms with Crippen LogP contribution in [0.25, 0.3) is 5.69 Å². The summed E-state index contributed by atoms with van der Waals surface area (Å²) in [4.78, 5) is 16.5. The van der Waals surface area contributed by atoms with Gasteiger partial charge in [-0.05, 0) is 36.8 Å². The first-order chi connectivity index (χ1) is 13.2. The van der Waals surface area contributed by atoms with Crippen molar-refractivity contribution in [1.29, 1.82) is 0 Å². The molecule has 138 valence electrons. The molecule has 3 aromatic rings. The molecule has 8 heteroatoms. The van der Waals surface area contributed by atoms with Crippen molar-refractivity contribution >= 4 is 17.7 Å². The van der Waals surface area contributed by atoms with Crippen LogP contribution in [0.15, 0.2) is 60.0 Å². The Morgan fingerprint density at radius 3 is 2.89 bits per heavy atom. The Labute approximate surface area is 160 Å². The minimum atomic E-state index is -0.137. The molecule has 2 heterocycles. The molecule has 0 aliphatic carbocycles. The molecular weight excluding hydrogens is 364 g/mol. The summed E-state index contributed by atoms with van der Waals surface area (Å²) >= 11 is 1.30. The molecular formula is C19H18N4O3S. The van der Waals surface area contributed by atoms with Gasteiger partial charge in [0.15, 0.2) is 11.5 Å².